The number of alkyl halides is 2. The lowest BCUT2D eigenvalue weighted by Gasteiger charge is -2.34. The molecular formula is C59H118F2N2. The summed E-state index contributed by atoms with van der Waals surface area (Å²) < 4.78 is 25.3. The fourth-order valence-electron chi connectivity index (χ4n) is 11.1. The van der Waals surface area contributed by atoms with Gasteiger partial charge in [0.1, 0.15) is 0 Å². The molecule has 0 aliphatic heterocycles. The fourth-order valence-corrected chi connectivity index (χ4v) is 11.1. The van der Waals surface area contributed by atoms with Gasteiger partial charge in [-0.15, -0.1) is 0 Å². The summed E-state index contributed by atoms with van der Waals surface area (Å²) in [6.45, 7) is 32.3. The van der Waals surface area contributed by atoms with Crippen LogP contribution < -0.4 is 5.73 Å². The Bertz CT molecular complexity index is 1000. The lowest BCUT2D eigenvalue weighted by Crippen LogP contribution is -2.33. The highest BCUT2D eigenvalue weighted by molar-refractivity contribution is 4.80. The number of rotatable bonds is 8. The molecule has 2 N–H and O–H groups in total. The SMILES string of the molecule is CC(C)C1CC1.CC(C)C1CCC(F)(F)CC1.CC(C)C1CCC(N(C)C)CC1.CC(C)C1CCC(N)CC1.CC(C)C1CCC1.CC(C)C1CCCC1.CC(C)C1CCCCC1. The maximum Gasteiger partial charge on any atom is 0.248 e. The molecule has 0 aromatic rings. The number of nitrogens with zero attached hydrogens (tertiary/aromatic N) is 1. The summed E-state index contributed by atoms with van der Waals surface area (Å²) in [7, 11) is 4.42. The molecule has 7 aliphatic carbocycles. The minimum atomic E-state index is -2.36. The van der Waals surface area contributed by atoms with Gasteiger partial charge in [-0.25, -0.2) is 8.78 Å². The zero-order chi connectivity index (χ0) is 47.7. The first-order chi connectivity index (χ1) is 29.5. The maximum absolute atomic E-state index is 12.6. The zero-order valence-corrected chi connectivity index (χ0v) is 45.9. The predicted octanol–water partition coefficient (Wildman–Crippen LogP) is 18.9. The largest absolute Gasteiger partial charge is 0.328 e. The predicted molar refractivity (Wildman–Crippen MR) is 279 cm³/mol. The molecule has 7 aliphatic rings. The molecule has 0 radical (unpaired) electrons. The zero-order valence-electron chi connectivity index (χ0n) is 45.9. The standard InChI is InChI=1S/C11H23N.C9H16F2.C9H19N.C9H18.C8H16.C7H14.C6H12/c1-9(2)10-5-7-11(8-6-10)12(3)4;1-7(2)8-3-5-9(10,11)6-4-8;1-7(2)8-3-5-9(10)6-4-8;1-8(2)9-6-4-3-5-7-9;1-7(2)8-5-3-4-6-8;1-6(2)7-4-3-5-7;1-5(2)6-3-4-6/h9-11H,5-8H2,1-4H3;7-8H,3-6H2,1-2H3;7-9H,3-6,10H2,1-2H3;8-9H,3-7H2,1-2H3;7-8H,3-6H2,1-2H3;6-7H,3-5H2,1-2H3;5-6H,3-4H2,1-2H3. The molecule has 378 valence electrons. The minimum Gasteiger partial charge on any atom is -0.328 e. The summed E-state index contributed by atoms with van der Waals surface area (Å²) in [5, 5.41) is 0. The van der Waals surface area contributed by atoms with Crippen LogP contribution in [0.15, 0.2) is 0 Å². The van der Waals surface area contributed by atoms with E-state index in [4.69, 9.17) is 5.73 Å². The third kappa shape index (κ3) is 28.7. The summed E-state index contributed by atoms with van der Waals surface area (Å²) in [5.41, 5.74) is 5.80. The van der Waals surface area contributed by atoms with Crippen LogP contribution in [-0.4, -0.2) is 37.0 Å². The van der Waals surface area contributed by atoms with Crippen molar-refractivity contribution in [3.8, 4) is 0 Å². The van der Waals surface area contributed by atoms with E-state index in [1.54, 1.807) is 0 Å². The Morgan fingerprint density at radius 1 is 0.333 bits per heavy atom. The van der Waals surface area contributed by atoms with Crippen molar-refractivity contribution in [3.05, 3.63) is 0 Å². The van der Waals surface area contributed by atoms with Gasteiger partial charge in [-0.05, 0) is 174 Å². The Morgan fingerprint density at radius 3 is 0.810 bits per heavy atom. The van der Waals surface area contributed by atoms with Crippen LogP contribution in [0.1, 0.15) is 264 Å². The van der Waals surface area contributed by atoms with Crippen LogP contribution in [0.5, 0.6) is 0 Å². The Balaban J connectivity index is 0.000000371. The van der Waals surface area contributed by atoms with E-state index >= 15 is 0 Å². The van der Waals surface area contributed by atoms with Crippen LogP contribution in [0.3, 0.4) is 0 Å². The van der Waals surface area contributed by atoms with Gasteiger partial charge in [0.25, 0.3) is 0 Å². The summed E-state index contributed by atoms with van der Waals surface area (Å²) in [4.78, 5) is 2.39. The monoisotopic (exact) mass is 893 g/mol. The molecule has 0 aromatic carbocycles. The van der Waals surface area contributed by atoms with E-state index in [9.17, 15) is 8.78 Å². The van der Waals surface area contributed by atoms with Crippen molar-refractivity contribution in [1.82, 2.24) is 4.90 Å². The van der Waals surface area contributed by atoms with Gasteiger partial charge in [0.05, 0.1) is 0 Å². The lowest BCUT2D eigenvalue weighted by molar-refractivity contribution is -0.0504. The highest BCUT2D eigenvalue weighted by atomic mass is 19.3. The molecule has 2 nitrogen and oxygen atoms in total. The Hall–Kier alpha value is -0.220. The first-order valence-electron chi connectivity index (χ1n) is 28.3. The molecule has 0 atom stereocenters. The van der Waals surface area contributed by atoms with E-state index in [0.717, 1.165) is 77.1 Å². The van der Waals surface area contributed by atoms with Gasteiger partial charge in [-0.2, -0.15) is 0 Å². The normalized spacial score (nSPS) is 26.9. The maximum atomic E-state index is 12.6. The van der Waals surface area contributed by atoms with Crippen molar-refractivity contribution in [3.63, 3.8) is 0 Å². The fraction of sp³-hybridized carbons (Fsp3) is 1.00. The summed E-state index contributed by atoms with van der Waals surface area (Å²) in [6.07, 6.45) is 33.5. The molecule has 0 amide bonds. The number of hydrogen-bond donors (Lipinski definition) is 1. The Morgan fingerprint density at radius 2 is 0.571 bits per heavy atom. The molecule has 4 heteroatoms. The molecule has 7 fully saturated rings. The second-order valence-electron chi connectivity index (χ2n) is 25.1. The van der Waals surface area contributed by atoms with Gasteiger partial charge in [0.15, 0.2) is 0 Å². The molecule has 63 heavy (non-hydrogen) atoms. The van der Waals surface area contributed by atoms with Gasteiger partial charge in [0, 0.05) is 24.9 Å². The van der Waals surface area contributed by atoms with E-state index in [0.29, 0.717) is 30.7 Å². The van der Waals surface area contributed by atoms with Crippen LogP contribution in [0, 0.1) is 82.9 Å². The Kier molecular flexibility index (Phi) is 32.1. The quantitative estimate of drug-likeness (QED) is 0.263. The molecular weight excluding hydrogens is 775 g/mol. The minimum absolute atomic E-state index is 0.107. The van der Waals surface area contributed by atoms with Crippen molar-refractivity contribution < 1.29 is 8.78 Å². The molecule has 0 bridgehead atoms. The average Bonchev–Trinajstić information content (AvgIpc) is 3.92. The average molecular weight is 894 g/mol. The molecule has 7 rings (SSSR count). The summed E-state index contributed by atoms with van der Waals surface area (Å²) >= 11 is 0. The lowest BCUT2D eigenvalue weighted by atomic mass is 9.78. The van der Waals surface area contributed by atoms with E-state index in [1.807, 2.05) is 0 Å². The third-order valence-corrected chi connectivity index (χ3v) is 17.5. The molecule has 0 saturated heterocycles. The van der Waals surface area contributed by atoms with Gasteiger partial charge >= 0.3 is 0 Å². The second-order valence-corrected chi connectivity index (χ2v) is 25.1. The van der Waals surface area contributed by atoms with Crippen LogP contribution in [-0.2, 0) is 0 Å². The van der Waals surface area contributed by atoms with Gasteiger partial charge < -0.3 is 10.6 Å². The molecule has 0 spiro atoms. The van der Waals surface area contributed by atoms with Crippen molar-refractivity contribution in [1.29, 1.82) is 0 Å². The van der Waals surface area contributed by atoms with Crippen molar-refractivity contribution in [2.45, 2.75) is 282 Å². The number of hydrogen-bond acceptors (Lipinski definition) is 2. The van der Waals surface area contributed by atoms with Gasteiger partial charge in [-0.3, -0.25) is 0 Å². The highest BCUT2D eigenvalue weighted by Crippen LogP contribution is 2.39. The summed E-state index contributed by atoms with van der Waals surface area (Å²) in [6, 6.07) is 1.37. The molecule has 0 heterocycles. The molecule has 0 unspecified atom stereocenters. The second kappa shape index (κ2) is 33.3. The van der Waals surface area contributed by atoms with Crippen LogP contribution in [0.25, 0.3) is 0 Å². The number of nitrogens with two attached hydrogens (primary N) is 1. The van der Waals surface area contributed by atoms with Gasteiger partial charge in [0.2, 0.25) is 5.92 Å². The topological polar surface area (TPSA) is 29.3 Å². The first kappa shape index (κ1) is 60.8. The Labute approximate surface area is 396 Å². The van der Waals surface area contributed by atoms with E-state index < -0.39 is 5.92 Å². The van der Waals surface area contributed by atoms with Crippen LogP contribution >= 0.6 is 0 Å². The van der Waals surface area contributed by atoms with Gasteiger partial charge in [-0.1, -0.05) is 174 Å². The van der Waals surface area contributed by atoms with Crippen molar-refractivity contribution in [2.24, 2.45) is 88.6 Å². The highest BCUT2D eigenvalue weighted by Gasteiger charge is 2.35. The summed E-state index contributed by atoms with van der Waals surface area (Å²) in [5.74, 6) is 10.6. The third-order valence-electron chi connectivity index (χ3n) is 17.5. The smallest absolute Gasteiger partial charge is 0.248 e. The molecule has 7 saturated carbocycles. The van der Waals surface area contributed by atoms with E-state index in [1.165, 1.54) is 141 Å². The van der Waals surface area contributed by atoms with E-state index in [2.05, 4.69) is 116 Å². The van der Waals surface area contributed by atoms with Crippen molar-refractivity contribution in [2.75, 3.05) is 14.1 Å². The van der Waals surface area contributed by atoms with Crippen LogP contribution in [0.2, 0.25) is 0 Å². The number of halogens is 2. The van der Waals surface area contributed by atoms with Crippen molar-refractivity contribution >= 4 is 0 Å². The molecule has 0 aromatic heterocycles. The van der Waals surface area contributed by atoms with E-state index in [-0.39, 0.29) is 12.8 Å². The van der Waals surface area contributed by atoms with Crippen LogP contribution in [0.4, 0.5) is 8.78 Å². The first-order valence-corrected chi connectivity index (χ1v) is 28.3.